The molecule has 4 fully saturated rings. The molecule has 4 aromatic rings. The summed E-state index contributed by atoms with van der Waals surface area (Å²) in [6.45, 7) is 4.53. The predicted molar refractivity (Wildman–Crippen MR) is 277 cm³/mol. The van der Waals surface area contributed by atoms with Gasteiger partial charge in [0.15, 0.2) is 5.69 Å². The van der Waals surface area contributed by atoms with Crippen LogP contribution in [0.1, 0.15) is 129 Å². The predicted octanol–water partition coefficient (Wildman–Crippen LogP) is 5.03. The topological polar surface area (TPSA) is 225 Å². The van der Waals surface area contributed by atoms with Gasteiger partial charge in [-0.05, 0) is 81.5 Å². The van der Waals surface area contributed by atoms with E-state index >= 15 is 0 Å². The number of halogens is 2. The maximum atomic E-state index is 14.7. The van der Waals surface area contributed by atoms with Crippen molar-refractivity contribution in [2.45, 2.75) is 139 Å². The minimum Gasteiger partial charge on any atom is -0.380 e. The van der Waals surface area contributed by atoms with E-state index in [1.165, 1.54) is 5.56 Å². The fourth-order valence-corrected chi connectivity index (χ4v) is 12.7. The molecule has 2 aromatic carbocycles. The molecule has 20 heteroatoms. The first-order valence-corrected chi connectivity index (χ1v) is 27.3. The van der Waals surface area contributed by atoms with Crippen molar-refractivity contribution < 1.29 is 42.3 Å². The zero-order chi connectivity index (χ0) is 53.3. The van der Waals surface area contributed by atoms with Crippen LogP contribution in [0.4, 0.5) is 14.5 Å². The lowest BCUT2D eigenvalue weighted by molar-refractivity contribution is -0.143. The van der Waals surface area contributed by atoms with Gasteiger partial charge in [-0.1, -0.05) is 80.8 Å². The minimum atomic E-state index is -2.78. The van der Waals surface area contributed by atoms with Gasteiger partial charge in [-0.25, -0.2) is 8.78 Å². The van der Waals surface area contributed by atoms with Crippen LogP contribution in [0.5, 0.6) is 0 Å². The summed E-state index contributed by atoms with van der Waals surface area (Å²) < 4.78 is 36.7. The number of fused-ring (bicyclic) bond motifs is 3. The van der Waals surface area contributed by atoms with Crippen LogP contribution in [0, 0.1) is 23.2 Å². The number of aromatic amines is 1. The summed E-state index contributed by atoms with van der Waals surface area (Å²) >= 11 is 0. The Bertz CT molecular complexity index is 2790. The fraction of sp³-hybridized carbons (Fsp3) is 0.571. The van der Waals surface area contributed by atoms with Gasteiger partial charge >= 0.3 is 0 Å². The number of amides is 6. The van der Waals surface area contributed by atoms with Crippen molar-refractivity contribution in [3.63, 3.8) is 0 Å². The van der Waals surface area contributed by atoms with Gasteiger partial charge < -0.3 is 41.1 Å². The molecule has 6 N–H and O–H groups in total. The van der Waals surface area contributed by atoms with Crippen molar-refractivity contribution in [1.82, 2.24) is 51.0 Å². The number of aromatic nitrogens is 4. The molecule has 2 unspecified atom stereocenters. The van der Waals surface area contributed by atoms with Crippen molar-refractivity contribution in [2.24, 2.45) is 23.2 Å². The standard InChI is InChI=1S/C56H71F2N11O7/c1-33(59-3)51(72)64-48(35-14-6-4-7-15-35)54(75)68-31-38(25-44(68)52(73)63-42-20-12-18-34-13-10-11-19-40(34)42)61-46(70)21-23-76-24-22-47(71)67-29-37(30-67)50(36-16-8-5-9-17-36)69-32-39(28-60-69)62-53(74)49-41-26-45-55(2,56(45,57)58)27-43(41)65-66-49/h5,8-11,13,16-17,19,28,32-33,35,37-38,42,44-45,48,50,59H,4,6-7,12,14-15,18,20-27,29-31H2,1-3H3,(H,61,70)(H,62,74)(H,63,73)(H,64,72)(H,65,66)/t33?,38-,42+,44-,45-,48?,50+,55+/m0/s1. The molecule has 0 spiro atoms. The molecule has 6 aliphatic rings. The zero-order valence-corrected chi connectivity index (χ0v) is 43.6. The number of anilines is 1. The van der Waals surface area contributed by atoms with E-state index in [1.54, 1.807) is 47.8 Å². The fourth-order valence-electron chi connectivity index (χ4n) is 12.7. The Morgan fingerprint density at radius 1 is 0.895 bits per heavy atom. The highest BCUT2D eigenvalue weighted by atomic mass is 19.3. The summed E-state index contributed by atoms with van der Waals surface area (Å²) in [6.07, 6.45) is 11.0. The molecule has 2 aliphatic heterocycles. The van der Waals surface area contributed by atoms with Gasteiger partial charge in [0, 0.05) is 73.2 Å². The van der Waals surface area contributed by atoms with E-state index in [1.807, 2.05) is 48.5 Å². The number of hydrogen-bond acceptors (Lipinski definition) is 10. The molecule has 10 rings (SSSR count). The SMILES string of the molecule is CNC(C)C(=O)NC(C(=O)N1C[C@@H](NC(=O)CCOCCC(=O)N2CC([C@@H](c3ccccc3)n3cc(NC(=O)c4n[nH]c5c4C[C@@H]4C(F)(F)[C@]4(C)C5)cn3)C2)C[C@H]1C(=O)N[C@@H]1CCCc2ccccc21)C1CCCCC1. The number of nitrogens with zero attached hydrogens (tertiary/aromatic N) is 5. The molecule has 18 nitrogen and oxygen atoms in total. The van der Waals surface area contributed by atoms with Crippen molar-refractivity contribution in [2.75, 3.05) is 45.2 Å². The van der Waals surface area contributed by atoms with Gasteiger partial charge in [0.1, 0.15) is 12.1 Å². The summed E-state index contributed by atoms with van der Waals surface area (Å²) in [7, 11) is 1.69. The Kier molecular flexibility index (Phi) is 15.4. The van der Waals surface area contributed by atoms with Crippen molar-refractivity contribution in [3.05, 3.63) is 101 Å². The molecule has 2 aromatic heterocycles. The van der Waals surface area contributed by atoms with Crippen LogP contribution >= 0.6 is 0 Å². The third kappa shape index (κ3) is 10.8. The maximum absolute atomic E-state index is 14.7. The monoisotopic (exact) mass is 1050 g/mol. The lowest BCUT2D eigenvalue weighted by Gasteiger charge is -2.43. The minimum absolute atomic E-state index is 0.00251. The molecule has 76 heavy (non-hydrogen) atoms. The van der Waals surface area contributed by atoms with E-state index in [9.17, 15) is 37.5 Å². The molecule has 4 heterocycles. The number of ether oxygens (including phenoxy) is 1. The van der Waals surface area contributed by atoms with Gasteiger partial charge in [-0.15, -0.1) is 0 Å². The van der Waals surface area contributed by atoms with E-state index in [0.29, 0.717) is 30.0 Å². The van der Waals surface area contributed by atoms with Gasteiger partial charge in [0.05, 0.1) is 49.6 Å². The zero-order valence-electron chi connectivity index (χ0n) is 43.6. The van der Waals surface area contributed by atoms with Crippen LogP contribution in [0.2, 0.25) is 0 Å². The molecule has 406 valence electrons. The Balaban J connectivity index is 0.709. The van der Waals surface area contributed by atoms with Crippen LogP contribution in [0.3, 0.4) is 0 Å². The molecule has 2 saturated carbocycles. The average molecular weight is 1050 g/mol. The number of carbonyl (C=O) groups is 6. The molecule has 4 aliphatic carbocycles. The highest BCUT2D eigenvalue weighted by molar-refractivity contribution is 6.04. The number of carbonyl (C=O) groups excluding carboxylic acids is 6. The molecule has 0 bridgehead atoms. The Hall–Kier alpha value is -6.54. The summed E-state index contributed by atoms with van der Waals surface area (Å²) in [6, 6.07) is 14.7. The van der Waals surface area contributed by atoms with Crippen LogP contribution in [-0.4, -0.2) is 135 Å². The average Bonchev–Trinajstić information content (AvgIpc) is 4.19. The smallest absolute Gasteiger partial charge is 0.276 e. The molecule has 6 amide bonds. The van der Waals surface area contributed by atoms with Crippen molar-refractivity contribution >= 4 is 41.1 Å². The third-order valence-electron chi connectivity index (χ3n) is 17.4. The van der Waals surface area contributed by atoms with E-state index in [2.05, 4.69) is 47.9 Å². The van der Waals surface area contributed by atoms with E-state index in [-0.39, 0.29) is 111 Å². The Labute approximate surface area is 441 Å². The van der Waals surface area contributed by atoms with Gasteiger partial charge in [-0.3, -0.25) is 38.5 Å². The second-order valence-corrected chi connectivity index (χ2v) is 22.2. The first-order chi connectivity index (χ1) is 36.6. The van der Waals surface area contributed by atoms with Crippen molar-refractivity contribution in [3.8, 4) is 0 Å². The summed E-state index contributed by atoms with van der Waals surface area (Å²) in [5, 5.41) is 26.8. The molecule has 0 radical (unpaired) electrons. The maximum Gasteiger partial charge on any atom is 0.276 e. The second-order valence-electron chi connectivity index (χ2n) is 22.2. The summed E-state index contributed by atoms with van der Waals surface area (Å²) in [5.41, 5.74) is 3.78. The summed E-state index contributed by atoms with van der Waals surface area (Å²) in [4.78, 5) is 85.9. The summed E-state index contributed by atoms with van der Waals surface area (Å²) in [5.74, 6) is -5.44. The number of aryl methyl sites for hydroxylation is 1. The normalized spacial score (nSPS) is 24.9. The van der Waals surface area contributed by atoms with Crippen LogP contribution in [0.25, 0.3) is 0 Å². The molecular formula is C56H71F2N11O7. The molecule has 8 atom stereocenters. The number of H-pyrrole nitrogens is 1. The van der Waals surface area contributed by atoms with Gasteiger partial charge in [0.25, 0.3) is 11.8 Å². The number of rotatable bonds is 19. The number of likely N-dealkylation sites (tertiary alicyclic amines) is 2. The van der Waals surface area contributed by atoms with E-state index in [4.69, 9.17) is 4.74 Å². The number of alkyl halides is 2. The first kappa shape index (κ1) is 52.9. The molecule has 2 saturated heterocycles. The highest BCUT2D eigenvalue weighted by Crippen LogP contribution is 2.70. The first-order valence-electron chi connectivity index (χ1n) is 27.3. The van der Waals surface area contributed by atoms with E-state index < -0.39 is 47.3 Å². The van der Waals surface area contributed by atoms with Gasteiger partial charge in [-0.2, -0.15) is 10.2 Å². The quantitative estimate of drug-likeness (QED) is 0.0688. The lowest BCUT2D eigenvalue weighted by atomic mass is 9.83. The number of hydrogen-bond donors (Lipinski definition) is 6. The highest BCUT2D eigenvalue weighted by Gasteiger charge is 2.78. The number of benzene rings is 2. The Morgan fingerprint density at radius 3 is 2.42 bits per heavy atom. The third-order valence-corrected chi connectivity index (χ3v) is 17.4. The van der Waals surface area contributed by atoms with Crippen LogP contribution in [-0.2, 0) is 48.0 Å². The molecular weight excluding hydrogens is 977 g/mol. The largest absolute Gasteiger partial charge is 0.380 e. The Morgan fingerprint density at radius 2 is 1.64 bits per heavy atom. The van der Waals surface area contributed by atoms with Gasteiger partial charge in [0.2, 0.25) is 29.5 Å². The second kappa shape index (κ2) is 22.2. The lowest BCUT2D eigenvalue weighted by Crippen LogP contribution is -2.58. The van der Waals surface area contributed by atoms with Crippen molar-refractivity contribution in [1.29, 1.82) is 0 Å². The van der Waals surface area contributed by atoms with Crippen LogP contribution in [0.15, 0.2) is 67.0 Å². The van der Waals surface area contributed by atoms with E-state index in [0.717, 1.165) is 62.5 Å². The number of nitrogens with one attached hydrogen (secondary N) is 6. The number of likely N-dealkylation sites (N-methyl/N-ethyl adjacent to an activating group) is 1. The van der Waals surface area contributed by atoms with Crippen LogP contribution < -0.4 is 26.6 Å².